The average Bonchev–Trinajstić information content (AvgIpc) is 1.99. The van der Waals surface area contributed by atoms with Gasteiger partial charge >= 0.3 is 0 Å². The fourth-order valence-electron chi connectivity index (χ4n) is 3.12. The van der Waals surface area contributed by atoms with Gasteiger partial charge in [0.15, 0.2) is 5.78 Å². The first-order valence-electron chi connectivity index (χ1n) is 5.94. The number of carbonyl (C=O) groups excluding carboxylic acids is 1. The summed E-state index contributed by atoms with van der Waals surface area (Å²) in [4.78, 5) is 11.0. The third-order valence-corrected chi connectivity index (χ3v) is 3.85. The summed E-state index contributed by atoms with van der Waals surface area (Å²) < 4.78 is 0. The Morgan fingerprint density at radius 3 is 2.00 bits per heavy atom. The lowest BCUT2D eigenvalue weighted by molar-refractivity contribution is -0.112. The third kappa shape index (κ3) is 2.93. The van der Waals surface area contributed by atoms with Gasteiger partial charge in [-0.15, -0.1) is 0 Å². The highest BCUT2D eigenvalue weighted by Crippen LogP contribution is 2.51. The molecule has 1 nitrogen and oxygen atoms in total. The number of hydrogen-bond acceptors (Lipinski definition) is 1. The van der Waals surface area contributed by atoms with Crippen LogP contribution in [0, 0.1) is 16.7 Å². The van der Waals surface area contributed by atoms with Crippen molar-refractivity contribution < 1.29 is 4.79 Å². The number of rotatable bonds is 2. The zero-order chi connectivity index (χ0) is 11.7. The molecule has 0 saturated heterocycles. The Hall–Kier alpha value is -0.590. The van der Waals surface area contributed by atoms with Crippen molar-refractivity contribution in [3.05, 3.63) is 12.2 Å². The van der Waals surface area contributed by atoms with Crippen LogP contribution >= 0.6 is 0 Å². The zero-order valence-corrected chi connectivity index (χ0v) is 10.8. The highest BCUT2D eigenvalue weighted by molar-refractivity contribution is 5.87. The second-order valence-electron chi connectivity index (χ2n) is 6.28. The van der Waals surface area contributed by atoms with E-state index < -0.39 is 0 Å². The van der Waals surface area contributed by atoms with E-state index in [0.717, 1.165) is 0 Å². The molecule has 0 heterocycles. The van der Waals surface area contributed by atoms with Crippen LogP contribution in [0.4, 0.5) is 0 Å². The van der Waals surface area contributed by atoms with Crippen LogP contribution in [0.25, 0.3) is 0 Å². The van der Waals surface area contributed by atoms with Crippen LogP contribution in [0.15, 0.2) is 12.2 Å². The van der Waals surface area contributed by atoms with Crippen LogP contribution in [0.1, 0.15) is 53.9 Å². The molecule has 0 atom stereocenters. The summed E-state index contributed by atoms with van der Waals surface area (Å²) in [6, 6.07) is 0. The Morgan fingerprint density at radius 2 is 1.60 bits per heavy atom. The molecule has 0 bridgehead atoms. The monoisotopic (exact) mass is 208 g/mol. The lowest BCUT2D eigenvalue weighted by atomic mass is 9.57. The van der Waals surface area contributed by atoms with E-state index in [0.29, 0.717) is 16.7 Å². The van der Waals surface area contributed by atoms with Gasteiger partial charge < -0.3 is 0 Å². The number of allylic oxidation sites excluding steroid dienone is 2. The van der Waals surface area contributed by atoms with Gasteiger partial charge in [0.25, 0.3) is 0 Å². The standard InChI is InChI=1S/C14H24O/c1-11(15)7-8-12-13(2,3)9-6-10-14(12,4)5/h7-8,12H,6,9-10H2,1-5H3/b8-7+. The summed E-state index contributed by atoms with van der Waals surface area (Å²) in [6.45, 7) is 10.9. The van der Waals surface area contributed by atoms with Gasteiger partial charge in [-0.05, 0) is 42.6 Å². The molecule has 0 aromatic heterocycles. The molecule has 1 aliphatic rings. The molecular weight excluding hydrogens is 184 g/mol. The van der Waals surface area contributed by atoms with Crippen molar-refractivity contribution in [2.75, 3.05) is 0 Å². The zero-order valence-electron chi connectivity index (χ0n) is 10.8. The van der Waals surface area contributed by atoms with Crippen molar-refractivity contribution in [2.24, 2.45) is 16.7 Å². The molecule has 0 unspecified atom stereocenters. The molecule has 1 heteroatoms. The molecule has 0 N–H and O–H groups in total. The van der Waals surface area contributed by atoms with Crippen LogP contribution in [-0.2, 0) is 4.79 Å². The predicted octanol–water partition coefficient (Wildman–Crippen LogP) is 3.98. The molecule has 0 aromatic rings. The smallest absolute Gasteiger partial charge is 0.152 e. The van der Waals surface area contributed by atoms with Crippen molar-refractivity contribution in [1.82, 2.24) is 0 Å². The van der Waals surface area contributed by atoms with E-state index in [2.05, 4.69) is 33.8 Å². The van der Waals surface area contributed by atoms with Crippen molar-refractivity contribution in [1.29, 1.82) is 0 Å². The van der Waals surface area contributed by atoms with Crippen LogP contribution in [0.3, 0.4) is 0 Å². The number of ketones is 1. The highest BCUT2D eigenvalue weighted by atomic mass is 16.1. The molecule has 0 aliphatic heterocycles. The molecule has 0 radical (unpaired) electrons. The van der Waals surface area contributed by atoms with Gasteiger partial charge in [-0.1, -0.05) is 40.2 Å². The maximum absolute atomic E-state index is 11.0. The number of hydrogen-bond donors (Lipinski definition) is 0. The predicted molar refractivity (Wildman–Crippen MR) is 64.7 cm³/mol. The Kier molecular flexibility index (Phi) is 3.42. The minimum absolute atomic E-state index is 0.159. The summed E-state index contributed by atoms with van der Waals surface area (Å²) in [5.41, 5.74) is 0.654. The molecule has 0 aromatic carbocycles. The summed E-state index contributed by atoms with van der Waals surface area (Å²) in [6.07, 6.45) is 7.73. The first kappa shape index (κ1) is 12.5. The highest BCUT2D eigenvalue weighted by Gasteiger charge is 2.41. The SMILES string of the molecule is CC(=O)/C=C/C1C(C)(C)CCCC1(C)C. The molecular formula is C14H24O. The summed E-state index contributed by atoms with van der Waals surface area (Å²) >= 11 is 0. The molecule has 0 spiro atoms. The van der Waals surface area contributed by atoms with Gasteiger partial charge in [-0.3, -0.25) is 4.79 Å². The van der Waals surface area contributed by atoms with Crippen LogP contribution in [-0.4, -0.2) is 5.78 Å². The van der Waals surface area contributed by atoms with E-state index in [1.54, 1.807) is 13.0 Å². The molecule has 86 valence electrons. The first-order chi connectivity index (χ1) is 6.76. The van der Waals surface area contributed by atoms with Crippen molar-refractivity contribution in [3.8, 4) is 0 Å². The molecule has 1 fully saturated rings. The minimum atomic E-state index is 0.159. The van der Waals surface area contributed by atoms with Crippen molar-refractivity contribution in [3.63, 3.8) is 0 Å². The van der Waals surface area contributed by atoms with Crippen LogP contribution in [0.5, 0.6) is 0 Å². The van der Waals surface area contributed by atoms with E-state index >= 15 is 0 Å². The maximum atomic E-state index is 11.0. The van der Waals surface area contributed by atoms with Crippen LogP contribution in [0.2, 0.25) is 0 Å². The Bertz CT molecular complexity index is 255. The third-order valence-electron chi connectivity index (χ3n) is 3.85. The molecule has 1 rings (SSSR count). The summed E-state index contributed by atoms with van der Waals surface area (Å²) in [7, 11) is 0. The lowest BCUT2D eigenvalue weighted by Crippen LogP contribution is -2.39. The molecule has 15 heavy (non-hydrogen) atoms. The first-order valence-corrected chi connectivity index (χ1v) is 5.94. The molecule has 0 amide bonds. The fraction of sp³-hybridized carbons (Fsp3) is 0.786. The quantitative estimate of drug-likeness (QED) is 0.627. The van der Waals surface area contributed by atoms with E-state index in [-0.39, 0.29) is 5.78 Å². The van der Waals surface area contributed by atoms with Gasteiger partial charge in [-0.2, -0.15) is 0 Å². The van der Waals surface area contributed by atoms with Gasteiger partial charge in [0.1, 0.15) is 0 Å². The minimum Gasteiger partial charge on any atom is -0.295 e. The van der Waals surface area contributed by atoms with Crippen molar-refractivity contribution >= 4 is 5.78 Å². The van der Waals surface area contributed by atoms with Crippen LogP contribution < -0.4 is 0 Å². The normalized spacial score (nSPS) is 25.7. The van der Waals surface area contributed by atoms with E-state index in [4.69, 9.17) is 0 Å². The second kappa shape index (κ2) is 4.11. The fourth-order valence-corrected chi connectivity index (χ4v) is 3.12. The van der Waals surface area contributed by atoms with Gasteiger partial charge in [0.2, 0.25) is 0 Å². The van der Waals surface area contributed by atoms with E-state index in [1.165, 1.54) is 19.3 Å². The molecule has 1 saturated carbocycles. The average molecular weight is 208 g/mol. The van der Waals surface area contributed by atoms with Gasteiger partial charge in [-0.25, -0.2) is 0 Å². The van der Waals surface area contributed by atoms with Crippen molar-refractivity contribution in [2.45, 2.75) is 53.9 Å². The number of carbonyl (C=O) groups is 1. The Labute approximate surface area is 93.9 Å². The summed E-state index contributed by atoms with van der Waals surface area (Å²) in [5, 5.41) is 0. The Balaban J connectivity index is 2.91. The second-order valence-corrected chi connectivity index (χ2v) is 6.28. The van der Waals surface area contributed by atoms with Gasteiger partial charge in [0, 0.05) is 0 Å². The maximum Gasteiger partial charge on any atom is 0.152 e. The molecule has 1 aliphatic carbocycles. The Morgan fingerprint density at radius 1 is 1.13 bits per heavy atom. The van der Waals surface area contributed by atoms with E-state index in [9.17, 15) is 4.79 Å². The van der Waals surface area contributed by atoms with E-state index in [1.807, 2.05) is 0 Å². The lowest BCUT2D eigenvalue weighted by Gasteiger charge is -2.48. The summed E-state index contributed by atoms with van der Waals surface area (Å²) in [5.74, 6) is 0.676. The van der Waals surface area contributed by atoms with Gasteiger partial charge in [0.05, 0.1) is 0 Å². The largest absolute Gasteiger partial charge is 0.295 e. The topological polar surface area (TPSA) is 17.1 Å².